The first-order chi connectivity index (χ1) is 22.9. The fraction of sp³-hybridized carbons (Fsp3) is 0.478. The molecule has 0 radical (unpaired) electrons. The number of rotatable bonds is 2. The molecule has 3 aliphatic heterocycles. The molecule has 20 nitrogen and oxygen atoms in total. The molecule has 48 heavy (non-hydrogen) atoms. The number of aromatic nitrogens is 9. The summed E-state index contributed by atoms with van der Waals surface area (Å²) in [5.41, 5.74) is 5.92. The maximum absolute atomic E-state index is 16.1. The van der Waals surface area contributed by atoms with Crippen LogP contribution in [0.1, 0.15) is 18.9 Å². The van der Waals surface area contributed by atoms with Crippen LogP contribution in [0.2, 0.25) is 0 Å². The molecule has 10 atom stereocenters. The van der Waals surface area contributed by atoms with E-state index < -0.39 is 74.9 Å². The van der Waals surface area contributed by atoms with Crippen LogP contribution in [-0.4, -0.2) is 98.5 Å². The van der Waals surface area contributed by atoms with E-state index in [1.807, 2.05) is 0 Å². The number of thiol groups is 2. The minimum Gasteiger partial charge on any atom is -0.387 e. The highest BCUT2D eigenvalue weighted by Crippen LogP contribution is 2.60. The van der Waals surface area contributed by atoms with Gasteiger partial charge in [-0.1, -0.05) is 24.5 Å². The molecule has 0 amide bonds. The van der Waals surface area contributed by atoms with E-state index in [2.05, 4.69) is 54.4 Å². The van der Waals surface area contributed by atoms with E-state index in [0.29, 0.717) is 0 Å². The van der Waals surface area contributed by atoms with Gasteiger partial charge in [0.15, 0.2) is 41.3 Å². The first kappa shape index (κ1) is 32.3. The summed E-state index contributed by atoms with van der Waals surface area (Å²) in [6, 6.07) is 0. The predicted octanol–water partition coefficient (Wildman–Crippen LogP) is 1.57. The molecule has 0 aliphatic carbocycles. The van der Waals surface area contributed by atoms with E-state index in [0.717, 1.165) is 0 Å². The van der Waals surface area contributed by atoms with Crippen molar-refractivity contribution in [1.29, 1.82) is 0 Å². The number of ether oxygens (including phenoxy) is 2. The Kier molecular flexibility index (Phi) is 7.96. The third kappa shape index (κ3) is 5.46. The third-order valence-electron chi connectivity index (χ3n) is 8.16. The number of aliphatic hydroxyl groups is 1. The minimum atomic E-state index is -4.42. The van der Waals surface area contributed by atoms with E-state index in [1.54, 1.807) is 6.20 Å². The van der Waals surface area contributed by atoms with Crippen molar-refractivity contribution in [2.24, 2.45) is 0 Å². The van der Waals surface area contributed by atoms with Gasteiger partial charge in [-0.15, -0.1) is 0 Å². The number of halogens is 1. The number of aromatic amines is 1. The van der Waals surface area contributed by atoms with Crippen molar-refractivity contribution >= 4 is 72.0 Å². The van der Waals surface area contributed by atoms with E-state index in [1.165, 1.54) is 38.7 Å². The van der Waals surface area contributed by atoms with Gasteiger partial charge in [-0.2, -0.15) is 0 Å². The molecule has 25 heteroatoms. The Bertz CT molecular complexity index is 2200. The van der Waals surface area contributed by atoms with Crippen LogP contribution in [0.3, 0.4) is 0 Å². The number of alkyl halides is 1. The van der Waals surface area contributed by atoms with Crippen molar-refractivity contribution in [1.82, 2.24) is 43.4 Å². The van der Waals surface area contributed by atoms with Crippen LogP contribution in [0.4, 0.5) is 10.2 Å². The summed E-state index contributed by atoms with van der Waals surface area (Å²) in [6.45, 7) is -9.71. The van der Waals surface area contributed by atoms with Gasteiger partial charge in [-0.3, -0.25) is 36.9 Å². The molecular formula is C23H25FN10O10P2S2. The predicted molar refractivity (Wildman–Crippen MR) is 167 cm³/mol. The average Bonchev–Trinajstić information content (AvgIpc) is 3.85. The van der Waals surface area contributed by atoms with Crippen LogP contribution in [0.5, 0.6) is 0 Å². The molecule has 2 bridgehead atoms. The fourth-order valence-corrected chi connectivity index (χ4v) is 9.00. The van der Waals surface area contributed by atoms with E-state index in [4.69, 9.17) is 33.3 Å². The molecule has 4 N–H and O–H groups in total. The van der Waals surface area contributed by atoms with Gasteiger partial charge in [-0.05, 0) is 0 Å². The summed E-state index contributed by atoms with van der Waals surface area (Å²) in [6.07, 6.45) is -5.03. The zero-order chi connectivity index (χ0) is 33.5. The Morgan fingerprint density at radius 1 is 0.958 bits per heavy atom. The fourth-order valence-electron chi connectivity index (χ4n) is 6.02. The summed E-state index contributed by atoms with van der Waals surface area (Å²) in [5, 5.41) is 11.3. The van der Waals surface area contributed by atoms with Gasteiger partial charge < -0.3 is 24.8 Å². The van der Waals surface area contributed by atoms with Crippen molar-refractivity contribution < 1.29 is 46.2 Å². The van der Waals surface area contributed by atoms with Crippen molar-refractivity contribution in [3.8, 4) is 0 Å². The van der Waals surface area contributed by atoms with Gasteiger partial charge in [0.05, 0.1) is 32.0 Å². The second-order valence-electron chi connectivity index (χ2n) is 11.0. The molecular weight excluding hydrogens is 721 g/mol. The summed E-state index contributed by atoms with van der Waals surface area (Å²) < 4.78 is 81.7. The number of H-pyrrole nitrogens is 1. The summed E-state index contributed by atoms with van der Waals surface area (Å²) >= 11 is 8.16. The van der Waals surface area contributed by atoms with E-state index >= 15 is 4.39 Å². The van der Waals surface area contributed by atoms with Crippen molar-refractivity contribution in [3.63, 3.8) is 0 Å². The zero-order valence-electron chi connectivity index (χ0n) is 24.1. The standard InChI is InChI=1S/C23H25FN10O10P2S2/c24-11-15-10(42-21(11)33-7-29-12-17(25)27-6-28-18(12)33)5-40-46(38,48)44-16-14(35)9(1-4-39-45(37,47)43-15)41-22(16)34-8-30-13-19(36)31-23-26-2-3-32(23)20(13)34/h2-3,6-11,14-16,21-22,35H,1,4-5H2,(H,37,47)(H,38,48)(H2,25,27,28)(H,26,31,36)/t9-,10-,11-,14-,15-,16-,21-,22-,45+,46+/m1/s1. The van der Waals surface area contributed by atoms with Gasteiger partial charge in [0.25, 0.3) is 5.56 Å². The molecule has 0 aromatic carbocycles. The Morgan fingerprint density at radius 3 is 2.52 bits per heavy atom. The number of hydrogen-bond acceptors (Lipinski definition) is 16. The first-order valence-corrected chi connectivity index (χ1v) is 19.6. The van der Waals surface area contributed by atoms with Crippen LogP contribution >= 0.6 is 38.1 Å². The molecule has 5 aromatic rings. The van der Waals surface area contributed by atoms with Crippen molar-refractivity contribution in [3.05, 3.63) is 41.7 Å². The lowest BCUT2D eigenvalue weighted by molar-refractivity contribution is -0.0465. The first-order valence-electron chi connectivity index (χ1n) is 14.2. The highest BCUT2D eigenvalue weighted by atomic mass is 32.7. The van der Waals surface area contributed by atoms with Gasteiger partial charge >= 0.3 is 13.6 Å². The Hall–Kier alpha value is -2.95. The number of anilines is 1. The lowest BCUT2D eigenvalue weighted by Crippen LogP contribution is -2.36. The zero-order valence-corrected chi connectivity index (χ0v) is 27.6. The van der Waals surface area contributed by atoms with Crippen LogP contribution in [0.15, 0.2) is 36.2 Å². The molecule has 3 fully saturated rings. The van der Waals surface area contributed by atoms with Crippen molar-refractivity contribution in [2.75, 3.05) is 18.9 Å². The van der Waals surface area contributed by atoms with Crippen LogP contribution < -0.4 is 11.3 Å². The number of hydrogen-bond donors (Lipinski definition) is 5. The van der Waals surface area contributed by atoms with Gasteiger partial charge in [0.2, 0.25) is 5.78 Å². The Balaban J connectivity index is 1.13. The molecule has 8 heterocycles. The molecule has 5 aromatic heterocycles. The number of imidazole rings is 3. The quantitative estimate of drug-likeness (QED) is 0.127. The van der Waals surface area contributed by atoms with E-state index in [-0.39, 0.29) is 47.0 Å². The molecule has 0 saturated carbocycles. The molecule has 256 valence electrons. The largest absolute Gasteiger partial charge is 0.387 e. The van der Waals surface area contributed by atoms with Crippen LogP contribution in [0.25, 0.3) is 28.1 Å². The lowest BCUT2D eigenvalue weighted by Gasteiger charge is -2.27. The number of aliphatic hydroxyl groups excluding tert-OH is 1. The van der Waals surface area contributed by atoms with Crippen LogP contribution in [-0.2, 0) is 36.7 Å². The number of nitrogens with one attached hydrogen (secondary N) is 1. The van der Waals surface area contributed by atoms with Crippen LogP contribution in [0, 0.1) is 0 Å². The van der Waals surface area contributed by atoms with E-state index in [9.17, 15) is 19.0 Å². The Labute approximate surface area is 277 Å². The number of fused-ring (bicyclic) bond motifs is 7. The number of nitrogens with two attached hydrogens (primary N) is 1. The SMILES string of the molecule is Nc1ncnc2c1ncn2[C@@H]1O[C@@H]2CO[P@](=O)(S)O[C@@H]3[C@H](O)[C@@H](CCO[P@](=O)(S)O[C@H]2[C@H]1F)O[C@H]3n1cnc2c(=O)[nH]c3nccn3c21. The molecule has 0 unspecified atom stereocenters. The molecule has 8 rings (SSSR count). The second-order valence-corrected chi connectivity index (χ2v) is 16.8. The monoisotopic (exact) mass is 746 g/mol. The normalized spacial score (nSPS) is 36.5. The molecule has 0 spiro atoms. The molecule has 3 saturated heterocycles. The number of nitrogens with zero attached hydrogens (tertiary/aromatic N) is 8. The highest BCUT2D eigenvalue weighted by molar-refractivity contribution is 8.44. The van der Waals surface area contributed by atoms with Gasteiger partial charge in [-0.25, -0.2) is 38.4 Å². The summed E-state index contributed by atoms with van der Waals surface area (Å²) in [4.78, 5) is 35.7. The second kappa shape index (κ2) is 11.8. The Morgan fingerprint density at radius 2 is 1.69 bits per heavy atom. The topological polar surface area (TPSA) is 247 Å². The summed E-state index contributed by atoms with van der Waals surface area (Å²) in [5.74, 6) is 0.256. The number of nitrogen functional groups attached to an aromatic ring is 1. The lowest BCUT2D eigenvalue weighted by atomic mass is 10.1. The van der Waals surface area contributed by atoms with Crippen molar-refractivity contribution in [2.45, 2.75) is 55.6 Å². The smallest absolute Gasteiger partial charge is 0.386 e. The van der Waals surface area contributed by atoms with Gasteiger partial charge in [0.1, 0.15) is 36.3 Å². The maximum Gasteiger partial charge on any atom is 0.386 e. The third-order valence-corrected chi connectivity index (χ3v) is 11.4. The highest BCUT2D eigenvalue weighted by Gasteiger charge is 2.53. The molecule has 3 aliphatic rings. The average molecular weight is 747 g/mol. The summed E-state index contributed by atoms with van der Waals surface area (Å²) in [7, 11) is 0. The van der Waals surface area contributed by atoms with Gasteiger partial charge in [0, 0.05) is 18.8 Å². The minimum absolute atomic E-state index is 0.0213. The maximum atomic E-state index is 16.1.